The molecule has 1 aromatic carbocycles. The molecule has 0 unspecified atom stereocenters. The molecule has 0 aliphatic rings. The fraction of sp³-hybridized carbons (Fsp3) is 0. The maximum absolute atomic E-state index is 8.65. The van der Waals surface area contributed by atoms with Crippen molar-refractivity contribution in [2.45, 2.75) is 0 Å². The van der Waals surface area contributed by atoms with Crippen LogP contribution >= 0.6 is 0 Å². The first-order valence-corrected chi connectivity index (χ1v) is 2.27. The van der Waals surface area contributed by atoms with Gasteiger partial charge < -0.3 is 15.9 Å². The fourth-order valence-corrected chi connectivity index (χ4v) is 0.493. The van der Waals surface area contributed by atoms with E-state index < -0.39 is 0 Å². The van der Waals surface area contributed by atoms with Crippen LogP contribution in [-0.2, 0) is 0 Å². The Morgan fingerprint density at radius 3 is 1.60 bits per heavy atom. The number of hydrogen-bond acceptors (Lipinski definition) is 2. The third-order valence-electron chi connectivity index (χ3n) is 0.830. The Hall–Kier alpha value is 1.34. The number of phenolic OH excluding ortho intramolecular Hbond substituents is 2. The Morgan fingerprint density at radius 2 is 1.40 bits per heavy atom. The van der Waals surface area contributed by atoms with E-state index in [9.17, 15) is 0 Å². The molecule has 2 nitrogen and oxygen atoms in total. The first-order chi connectivity index (χ1) is 3.79. The summed E-state index contributed by atoms with van der Waals surface area (Å²) in [5, 5.41) is 17.3. The van der Waals surface area contributed by atoms with E-state index in [4.69, 9.17) is 10.2 Å². The molecule has 0 amide bonds. The molecule has 0 radical (unpaired) electrons. The molecule has 0 atom stereocenters. The van der Waals surface area contributed by atoms with Crippen LogP contribution in [0.4, 0.5) is 0 Å². The second kappa shape index (κ2) is 7.01. The molecule has 0 heterocycles. The van der Waals surface area contributed by atoms with Crippen LogP contribution < -0.4 is 0 Å². The minimum Gasteiger partial charge on any atom is -1.00 e. The van der Waals surface area contributed by atoms with E-state index in [2.05, 4.69) is 0 Å². The SMILES string of the molecule is Oc1cccc(O)c1.[Ca+2].[Ca+2].[H-].[H-].[H-].[H-]. The van der Waals surface area contributed by atoms with E-state index in [1.807, 2.05) is 0 Å². The summed E-state index contributed by atoms with van der Waals surface area (Å²) >= 11 is 0. The smallest absolute Gasteiger partial charge is 1.00 e. The van der Waals surface area contributed by atoms with Crippen molar-refractivity contribution < 1.29 is 15.9 Å². The Bertz CT molecular complexity index is 186. The van der Waals surface area contributed by atoms with E-state index in [1.54, 1.807) is 6.07 Å². The Labute approximate surface area is 125 Å². The van der Waals surface area contributed by atoms with E-state index >= 15 is 0 Å². The van der Waals surface area contributed by atoms with Crippen molar-refractivity contribution in [3.63, 3.8) is 0 Å². The van der Waals surface area contributed by atoms with Crippen LogP contribution in [0, 0.1) is 0 Å². The second-order valence-electron chi connectivity index (χ2n) is 1.52. The molecule has 0 aliphatic heterocycles. The van der Waals surface area contributed by atoms with Gasteiger partial charge in [0.25, 0.3) is 0 Å². The Kier molecular flexibility index (Phi) is 9.75. The summed E-state index contributed by atoms with van der Waals surface area (Å²) in [5.74, 6) is 0.176. The Morgan fingerprint density at radius 1 is 1.00 bits per heavy atom. The van der Waals surface area contributed by atoms with E-state index in [0.717, 1.165) is 0 Å². The van der Waals surface area contributed by atoms with Crippen molar-refractivity contribution >= 4 is 75.5 Å². The van der Waals surface area contributed by atoms with Gasteiger partial charge in [-0.3, -0.25) is 0 Å². The third kappa shape index (κ3) is 5.05. The van der Waals surface area contributed by atoms with Crippen molar-refractivity contribution in [2.75, 3.05) is 0 Å². The number of hydrogen-bond donors (Lipinski definition) is 2. The van der Waals surface area contributed by atoms with E-state index in [0.29, 0.717) is 0 Å². The Balaban J connectivity index is -0.0000000267. The minimum absolute atomic E-state index is 0. The molecule has 0 saturated heterocycles. The number of rotatable bonds is 0. The van der Waals surface area contributed by atoms with Crippen LogP contribution in [-0.4, -0.2) is 85.7 Å². The van der Waals surface area contributed by atoms with Crippen LogP contribution in [0.2, 0.25) is 0 Å². The molecular weight excluding hydrogens is 184 g/mol. The van der Waals surface area contributed by atoms with Gasteiger partial charge in [0.15, 0.2) is 0 Å². The molecule has 0 spiro atoms. The summed E-state index contributed by atoms with van der Waals surface area (Å²) < 4.78 is 0. The topological polar surface area (TPSA) is 40.5 Å². The van der Waals surface area contributed by atoms with Crippen molar-refractivity contribution in [1.29, 1.82) is 0 Å². The molecule has 0 fully saturated rings. The molecular formula is C6H10Ca2O2. The summed E-state index contributed by atoms with van der Waals surface area (Å²) in [5.41, 5.74) is 0. The maximum Gasteiger partial charge on any atom is 2.00 e. The van der Waals surface area contributed by atoms with Crippen molar-refractivity contribution in [3.05, 3.63) is 24.3 Å². The summed E-state index contributed by atoms with van der Waals surface area (Å²) in [7, 11) is 0. The molecule has 2 N–H and O–H groups in total. The molecule has 50 valence electrons. The van der Waals surface area contributed by atoms with Crippen LogP contribution in [0.25, 0.3) is 0 Å². The van der Waals surface area contributed by atoms with Crippen LogP contribution in [0.1, 0.15) is 5.71 Å². The predicted molar refractivity (Wildman–Crippen MR) is 45.7 cm³/mol. The average Bonchev–Trinajstić information content (AvgIpc) is 1.64. The zero-order valence-corrected chi connectivity index (χ0v) is 10.0. The van der Waals surface area contributed by atoms with Gasteiger partial charge in [0, 0.05) is 6.07 Å². The summed E-state index contributed by atoms with van der Waals surface area (Å²) in [6.07, 6.45) is 0. The fourth-order valence-electron chi connectivity index (χ4n) is 0.493. The first-order valence-electron chi connectivity index (χ1n) is 2.27. The molecule has 0 aliphatic carbocycles. The first kappa shape index (κ1) is 13.9. The van der Waals surface area contributed by atoms with Crippen molar-refractivity contribution in [3.8, 4) is 11.5 Å². The van der Waals surface area contributed by atoms with Gasteiger partial charge in [0.2, 0.25) is 0 Å². The van der Waals surface area contributed by atoms with Crippen molar-refractivity contribution in [1.82, 2.24) is 0 Å². The zero-order valence-electron chi connectivity index (χ0n) is 9.62. The van der Waals surface area contributed by atoms with Crippen LogP contribution in [0.3, 0.4) is 0 Å². The van der Waals surface area contributed by atoms with Gasteiger partial charge in [0.1, 0.15) is 11.5 Å². The number of aromatic hydroxyl groups is 2. The molecule has 1 rings (SSSR count). The largest absolute Gasteiger partial charge is 2.00 e. The standard InChI is InChI=1S/C6H6O2.2Ca.4H/c7-5-2-1-3-6(8)4-5;;;;;;/h1-4,7-8H;;;;;;/q;2*+2;4*-1. The molecule has 4 heteroatoms. The average molecular weight is 194 g/mol. The van der Waals surface area contributed by atoms with E-state index in [1.165, 1.54) is 18.2 Å². The second-order valence-corrected chi connectivity index (χ2v) is 1.52. The van der Waals surface area contributed by atoms with Gasteiger partial charge in [-0.2, -0.15) is 0 Å². The number of benzene rings is 1. The monoisotopic (exact) mass is 194 g/mol. The van der Waals surface area contributed by atoms with Crippen LogP contribution in [0.5, 0.6) is 11.5 Å². The van der Waals surface area contributed by atoms with Gasteiger partial charge in [0.05, 0.1) is 0 Å². The molecule has 0 saturated carbocycles. The van der Waals surface area contributed by atoms with Crippen LogP contribution in [0.15, 0.2) is 24.3 Å². The quantitative estimate of drug-likeness (QED) is 0.599. The van der Waals surface area contributed by atoms with Gasteiger partial charge in [-0.05, 0) is 12.1 Å². The molecule has 0 aromatic heterocycles. The molecule has 10 heavy (non-hydrogen) atoms. The molecule has 1 aromatic rings. The predicted octanol–water partition coefficient (Wildman–Crippen LogP) is 0.786. The maximum atomic E-state index is 8.65. The van der Waals surface area contributed by atoms with E-state index in [-0.39, 0.29) is 92.7 Å². The summed E-state index contributed by atoms with van der Waals surface area (Å²) in [6, 6.07) is 5.85. The third-order valence-corrected chi connectivity index (χ3v) is 0.830. The number of phenols is 2. The van der Waals surface area contributed by atoms with Gasteiger partial charge in [-0.15, -0.1) is 0 Å². The molecule has 0 bridgehead atoms. The van der Waals surface area contributed by atoms with Gasteiger partial charge >= 0.3 is 75.5 Å². The minimum atomic E-state index is 0. The van der Waals surface area contributed by atoms with Crippen molar-refractivity contribution in [2.24, 2.45) is 0 Å². The summed E-state index contributed by atoms with van der Waals surface area (Å²) in [6.45, 7) is 0. The van der Waals surface area contributed by atoms with Gasteiger partial charge in [-0.25, -0.2) is 0 Å². The zero-order chi connectivity index (χ0) is 5.98. The normalized spacial score (nSPS) is 7.20. The summed E-state index contributed by atoms with van der Waals surface area (Å²) in [4.78, 5) is 0. The van der Waals surface area contributed by atoms with Gasteiger partial charge in [-0.1, -0.05) is 6.07 Å².